The van der Waals surface area contributed by atoms with Gasteiger partial charge in [0.15, 0.2) is 9.84 Å². The zero-order valence-corrected chi connectivity index (χ0v) is 17.3. The molecule has 1 saturated heterocycles. The molecular formula is C20H29FN2O4S. The predicted molar refractivity (Wildman–Crippen MR) is 106 cm³/mol. The van der Waals surface area contributed by atoms with E-state index in [-0.39, 0.29) is 41.5 Å². The molecule has 8 heteroatoms. The number of nitrogens with two attached hydrogens (primary N) is 1. The maximum atomic E-state index is 12.7. The second-order valence-corrected chi connectivity index (χ2v) is 9.47. The minimum atomic E-state index is -3.42. The number of piperidine rings is 1. The van der Waals surface area contributed by atoms with Crippen LogP contribution in [0.2, 0.25) is 0 Å². The van der Waals surface area contributed by atoms with Crippen LogP contribution in [0.4, 0.5) is 4.39 Å². The van der Waals surface area contributed by atoms with Gasteiger partial charge < -0.3 is 15.4 Å². The van der Waals surface area contributed by atoms with Crippen LogP contribution in [0, 0.1) is 11.8 Å². The molecule has 0 aromatic heterocycles. The van der Waals surface area contributed by atoms with Crippen molar-refractivity contribution >= 4 is 15.7 Å². The van der Waals surface area contributed by atoms with E-state index in [0.717, 1.165) is 0 Å². The number of benzene rings is 1. The molecule has 0 radical (unpaired) electrons. The van der Waals surface area contributed by atoms with Crippen molar-refractivity contribution in [2.75, 3.05) is 32.0 Å². The molecule has 28 heavy (non-hydrogen) atoms. The molecule has 0 spiro atoms. The fourth-order valence-corrected chi connectivity index (χ4v) is 4.84. The first-order chi connectivity index (χ1) is 13.3. The van der Waals surface area contributed by atoms with Crippen LogP contribution in [0.25, 0.3) is 0 Å². The van der Waals surface area contributed by atoms with Crippen molar-refractivity contribution in [3.63, 3.8) is 0 Å². The Kier molecular flexibility index (Phi) is 8.00. The predicted octanol–water partition coefficient (Wildman–Crippen LogP) is 2.55. The molecule has 6 nitrogen and oxygen atoms in total. The Morgan fingerprint density at radius 2 is 1.89 bits per heavy atom. The van der Waals surface area contributed by atoms with Crippen molar-refractivity contribution in [3.8, 4) is 5.75 Å². The van der Waals surface area contributed by atoms with Gasteiger partial charge in [-0.2, -0.15) is 0 Å². The summed E-state index contributed by atoms with van der Waals surface area (Å²) < 4.78 is 43.3. The average Bonchev–Trinajstić information content (AvgIpc) is 2.69. The quantitative estimate of drug-likeness (QED) is 0.709. The molecule has 0 saturated carbocycles. The van der Waals surface area contributed by atoms with E-state index in [2.05, 4.69) is 0 Å². The Bertz CT molecular complexity index is 783. The third-order valence-corrected chi connectivity index (χ3v) is 6.80. The largest absolute Gasteiger partial charge is 0.489 e. The molecule has 1 fully saturated rings. The number of hydrogen-bond donors (Lipinski definition) is 1. The van der Waals surface area contributed by atoms with Crippen LogP contribution < -0.4 is 10.5 Å². The topological polar surface area (TPSA) is 89.7 Å². The molecular weight excluding hydrogens is 383 g/mol. The van der Waals surface area contributed by atoms with Crippen LogP contribution in [-0.4, -0.2) is 51.2 Å². The van der Waals surface area contributed by atoms with Crippen LogP contribution in [-0.2, 0) is 14.6 Å². The number of rotatable bonds is 8. The van der Waals surface area contributed by atoms with Gasteiger partial charge >= 0.3 is 0 Å². The lowest BCUT2D eigenvalue weighted by Gasteiger charge is -2.33. The van der Waals surface area contributed by atoms with Crippen molar-refractivity contribution < 1.29 is 22.3 Å². The van der Waals surface area contributed by atoms with Gasteiger partial charge in [0.1, 0.15) is 12.4 Å². The van der Waals surface area contributed by atoms with E-state index in [0.29, 0.717) is 43.6 Å². The van der Waals surface area contributed by atoms with Crippen LogP contribution >= 0.6 is 0 Å². The van der Waals surface area contributed by atoms with Gasteiger partial charge in [-0.1, -0.05) is 13.8 Å². The fraction of sp³-hybridized carbons (Fsp3) is 0.550. The summed E-state index contributed by atoms with van der Waals surface area (Å²) in [5.74, 6) is 0.643. The summed E-state index contributed by atoms with van der Waals surface area (Å²) in [6.07, 6.45) is 1.80. The minimum Gasteiger partial charge on any atom is -0.489 e. The molecule has 1 amide bonds. The third kappa shape index (κ3) is 6.04. The second kappa shape index (κ2) is 10.0. The van der Waals surface area contributed by atoms with Gasteiger partial charge in [-0.15, -0.1) is 0 Å². The van der Waals surface area contributed by atoms with Crippen LogP contribution in [0.15, 0.2) is 41.1 Å². The van der Waals surface area contributed by atoms with Gasteiger partial charge in [-0.05, 0) is 43.0 Å². The number of hydrogen-bond acceptors (Lipinski definition) is 5. The third-order valence-electron chi connectivity index (χ3n) is 4.90. The molecule has 2 N–H and O–H groups in total. The van der Waals surface area contributed by atoms with Gasteiger partial charge in [0, 0.05) is 31.1 Å². The Balaban J connectivity index is 1.92. The molecule has 1 aromatic carbocycles. The van der Waals surface area contributed by atoms with Crippen molar-refractivity contribution in [2.24, 2.45) is 17.6 Å². The van der Waals surface area contributed by atoms with Crippen LogP contribution in [0.5, 0.6) is 5.75 Å². The fourth-order valence-electron chi connectivity index (χ4n) is 3.15. The number of carbonyl (C=O) groups excluding carboxylic acids is 1. The first kappa shape index (κ1) is 22.4. The maximum absolute atomic E-state index is 12.7. The first-order valence-corrected chi connectivity index (χ1v) is 11.1. The molecule has 1 aliphatic rings. The highest BCUT2D eigenvalue weighted by molar-refractivity contribution is 7.91. The second-order valence-electron chi connectivity index (χ2n) is 7.44. The lowest BCUT2D eigenvalue weighted by molar-refractivity contribution is -0.135. The monoisotopic (exact) mass is 412 g/mol. The molecule has 0 atom stereocenters. The van der Waals surface area contributed by atoms with E-state index in [1.54, 1.807) is 12.1 Å². The van der Waals surface area contributed by atoms with Gasteiger partial charge in [0.05, 0.1) is 17.0 Å². The van der Waals surface area contributed by atoms with E-state index in [1.807, 2.05) is 18.7 Å². The van der Waals surface area contributed by atoms with Crippen molar-refractivity contribution in [3.05, 3.63) is 36.2 Å². The Morgan fingerprint density at radius 1 is 1.29 bits per heavy atom. The van der Waals surface area contributed by atoms with E-state index in [9.17, 15) is 17.6 Å². The summed E-state index contributed by atoms with van der Waals surface area (Å²) in [5.41, 5.74) is 5.69. The highest BCUT2D eigenvalue weighted by atomic mass is 32.2. The number of likely N-dealkylation sites (tertiary alicyclic amines) is 1. The van der Waals surface area contributed by atoms with Crippen molar-refractivity contribution in [2.45, 2.75) is 31.6 Å². The van der Waals surface area contributed by atoms with E-state index < -0.39 is 9.84 Å². The number of sulfone groups is 1. The summed E-state index contributed by atoms with van der Waals surface area (Å²) in [6, 6.07) is 6.12. The molecule has 0 bridgehead atoms. The molecule has 1 heterocycles. The van der Waals surface area contributed by atoms with Gasteiger partial charge in [0.2, 0.25) is 5.91 Å². The molecule has 2 rings (SSSR count). The smallest absolute Gasteiger partial charge is 0.225 e. The highest BCUT2D eigenvalue weighted by Crippen LogP contribution is 2.24. The lowest BCUT2D eigenvalue weighted by Crippen LogP contribution is -2.41. The Labute approximate surface area is 166 Å². The number of amides is 1. The van der Waals surface area contributed by atoms with E-state index >= 15 is 0 Å². The summed E-state index contributed by atoms with van der Waals surface area (Å²) in [4.78, 5) is 14.1. The van der Waals surface area contributed by atoms with E-state index in [1.165, 1.54) is 12.1 Å². The zero-order valence-electron chi connectivity index (χ0n) is 16.4. The van der Waals surface area contributed by atoms with Crippen LogP contribution in [0.1, 0.15) is 26.7 Å². The summed E-state index contributed by atoms with van der Waals surface area (Å²) in [7, 11) is -3.42. The molecule has 1 aliphatic heterocycles. The number of ether oxygens (including phenoxy) is 1. The molecule has 156 valence electrons. The lowest BCUT2D eigenvalue weighted by atomic mass is 9.98. The molecule has 1 aromatic rings. The van der Waals surface area contributed by atoms with Crippen molar-refractivity contribution in [1.29, 1.82) is 0 Å². The van der Waals surface area contributed by atoms with E-state index in [4.69, 9.17) is 10.5 Å². The standard InChI is InChI=1S/C20H29FN2O4S/c1-15(2)20(24)23-9-7-16(8-10-23)14-28(25,26)19-5-3-18(4-6-19)27-13-17(11-21)12-22/h3-6,11,15-16H,7-10,12-14,22H2,1-2H3. The highest BCUT2D eigenvalue weighted by Gasteiger charge is 2.28. The Morgan fingerprint density at radius 3 is 2.39 bits per heavy atom. The molecule has 0 unspecified atom stereocenters. The SMILES string of the molecule is CC(C)C(=O)N1CCC(CS(=O)(=O)c2ccc(OCC(=CF)CN)cc2)CC1. The Hall–Kier alpha value is -1.93. The number of carbonyl (C=O) groups is 1. The van der Waals surface area contributed by atoms with Gasteiger partial charge in [0.25, 0.3) is 0 Å². The summed E-state index contributed by atoms with van der Waals surface area (Å²) >= 11 is 0. The van der Waals surface area contributed by atoms with Gasteiger partial charge in [-0.3, -0.25) is 4.79 Å². The first-order valence-electron chi connectivity index (χ1n) is 9.49. The number of halogens is 1. The average molecular weight is 413 g/mol. The summed E-state index contributed by atoms with van der Waals surface area (Å²) in [5, 5.41) is 0. The zero-order chi connectivity index (χ0) is 20.7. The molecule has 0 aliphatic carbocycles. The van der Waals surface area contributed by atoms with Gasteiger partial charge in [-0.25, -0.2) is 12.8 Å². The van der Waals surface area contributed by atoms with Crippen molar-refractivity contribution in [1.82, 2.24) is 4.90 Å². The minimum absolute atomic E-state index is 0.0206. The summed E-state index contributed by atoms with van der Waals surface area (Å²) in [6.45, 7) is 5.04. The normalized spacial score (nSPS) is 16.5. The maximum Gasteiger partial charge on any atom is 0.225 e. The number of nitrogens with zero attached hydrogens (tertiary/aromatic N) is 1. The van der Waals surface area contributed by atoms with Crippen LogP contribution in [0.3, 0.4) is 0 Å².